The fraction of sp³-hybridized carbons (Fsp3) is 0.800. The molecule has 0 bridgehead atoms. The topological polar surface area (TPSA) is 118 Å². The Morgan fingerprint density at radius 1 is 0.525 bits per heavy atom. The second-order valence-corrected chi connectivity index (χ2v) is 15.4. The van der Waals surface area contributed by atoms with E-state index in [-0.39, 0.29) is 70.5 Å². The lowest BCUT2D eigenvalue weighted by Gasteiger charge is -2.19. The van der Waals surface area contributed by atoms with Crippen molar-refractivity contribution in [1.29, 1.82) is 0 Å². The van der Waals surface area contributed by atoms with Gasteiger partial charge in [0, 0.05) is 38.9 Å². The fourth-order valence-electron chi connectivity index (χ4n) is 6.31. The third-order valence-corrected chi connectivity index (χ3v) is 9.86. The molecule has 0 aliphatic rings. The molecule has 0 heterocycles. The summed E-state index contributed by atoms with van der Waals surface area (Å²) >= 11 is 0. The molecule has 1 rings (SSSR count). The van der Waals surface area contributed by atoms with Gasteiger partial charge in [0.1, 0.15) is 13.2 Å². The number of aliphatic hydroxyl groups is 1. The lowest BCUT2D eigenvalue weighted by atomic mass is 10.1. The number of carbonyl (C=O) groups excluding carboxylic acids is 3. The monoisotopic (exact) mass is 853 g/mol. The zero-order valence-electron chi connectivity index (χ0n) is 35.8. The van der Waals surface area contributed by atoms with Gasteiger partial charge in [0.25, 0.3) is 0 Å². The Hall–Kier alpha value is -2.84. The highest BCUT2D eigenvalue weighted by molar-refractivity contribution is 5.70. The van der Waals surface area contributed by atoms with Gasteiger partial charge in [-0.3, -0.25) is 14.4 Å². The minimum atomic E-state index is -5.54. The molecular formula is C45H73F5O9. The van der Waals surface area contributed by atoms with Crippen LogP contribution in [0.3, 0.4) is 0 Å². The Kier molecular flexibility index (Phi) is 31.1. The maximum absolute atomic E-state index is 12.9. The van der Waals surface area contributed by atoms with E-state index in [1.165, 1.54) is 51.4 Å². The van der Waals surface area contributed by atoms with Crippen molar-refractivity contribution in [3.63, 3.8) is 0 Å². The number of esters is 3. The molecule has 0 radical (unpaired) electrons. The molecule has 1 aromatic carbocycles. The summed E-state index contributed by atoms with van der Waals surface area (Å²) in [6.07, 6.45) is 10.7. The number of ether oxygens (including phenoxy) is 5. The third kappa shape index (κ3) is 29.1. The molecule has 0 amide bonds. The molecule has 0 aliphatic heterocycles. The van der Waals surface area contributed by atoms with Crippen molar-refractivity contribution >= 4 is 17.9 Å². The van der Waals surface area contributed by atoms with Gasteiger partial charge in [-0.2, -0.15) is 22.0 Å². The largest absolute Gasteiger partial charge is 0.466 e. The summed E-state index contributed by atoms with van der Waals surface area (Å²) in [5.41, 5.74) is 1.92. The van der Waals surface area contributed by atoms with Crippen LogP contribution in [0.1, 0.15) is 191 Å². The van der Waals surface area contributed by atoms with Gasteiger partial charge in [0.15, 0.2) is 6.29 Å². The normalized spacial score (nSPS) is 11.9. The minimum absolute atomic E-state index is 0.00116. The molecule has 0 spiro atoms. The Balaban J connectivity index is 2.34. The summed E-state index contributed by atoms with van der Waals surface area (Å²) < 4.78 is 90.5. The standard InChI is InChI=1S/C45H73F5O9/c1-3-5-7-9-14-21-29-56-43(57-30-22-15-10-8-6-4-2)26-25-42(54)59-36-39-32-37(34-51)31-38(33-39)35-58-41(53)24-18-12-11-17-23-40(52)55-28-20-16-13-19-27-44(46,47)45(48,49)50/h31-33,43,51H,3-30,34-36H2,1-2H3. The van der Waals surface area contributed by atoms with E-state index in [0.29, 0.717) is 74.8 Å². The van der Waals surface area contributed by atoms with Crippen LogP contribution in [0, 0.1) is 0 Å². The maximum Gasteiger partial charge on any atom is 0.453 e. The van der Waals surface area contributed by atoms with Crippen molar-refractivity contribution in [1.82, 2.24) is 0 Å². The second-order valence-electron chi connectivity index (χ2n) is 15.4. The Bertz CT molecular complexity index is 1230. The molecule has 0 atom stereocenters. The van der Waals surface area contributed by atoms with Gasteiger partial charge in [-0.15, -0.1) is 0 Å². The molecule has 9 nitrogen and oxygen atoms in total. The van der Waals surface area contributed by atoms with Crippen molar-refractivity contribution in [2.75, 3.05) is 19.8 Å². The van der Waals surface area contributed by atoms with Crippen LogP contribution in [0.15, 0.2) is 18.2 Å². The van der Waals surface area contributed by atoms with Crippen LogP contribution in [0.4, 0.5) is 22.0 Å². The van der Waals surface area contributed by atoms with Gasteiger partial charge in [-0.1, -0.05) is 116 Å². The quantitative estimate of drug-likeness (QED) is 0.0228. The number of carbonyl (C=O) groups is 3. The smallest absolute Gasteiger partial charge is 0.453 e. The van der Waals surface area contributed by atoms with Crippen LogP contribution < -0.4 is 0 Å². The van der Waals surface area contributed by atoms with E-state index in [9.17, 15) is 41.4 Å². The van der Waals surface area contributed by atoms with E-state index in [1.807, 2.05) is 0 Å². The molecular weight excluding hydrogens is 779 g/mol. The van der Waals surface area contributed by atoms with E-state index < -0.39 is 30.8 Å². The summed E-state index contributed by atoms with van der Waals surface area (Å²) in [4.78, 5) is 37.0. The first kappa shape index (κ1) is 54.2. The lowest BCUT2D eigenvalue weighted by molar-refractivity contribution is -0.284. The van der Waals surface area contributed by atoms with Gasteiger partial charge in [0.2, 0.25) is 0 Å². The Labute approximate surface area is 349 Å². The number of rotatable bonds is 38. The zero-order chi connectivity index (χ0) is 43.6. The summed E-state index contributed by atoms with van der Waals surface area (Å²) in [6.45, 7) is 5.42. The fourth-order valence-corrected chi connectivity index (χ4v) is 6.31. The molecule has 59 heavy (non-hydrogen) atoms. The summed E-state index contributed by atoms with van der Waals surface area (Å²) in [5.74, 6) is -5.86. The van der Waals surface area contributed by atoms with Crippen molar-refractivity contribution in [3.05, 3.63) is 34.9 Å². The predicted molar refractivity (Wildman–Crippen MR) is 216 cm³/mol. The number of halogens is 5. The number of alkyl halides is 5. The molecule has 0 fully saturated rings. The van der Waals surface area contributed by atoms with Gasteiger partial charge in [0.05, 0.1) is 19.6 Å². The molecule has 342 valence electrons. The third-order valence-electron chi connectivity index (χ3n) is 9.86. The van der Waals surface area contributed by atoms with Crippen molar-refractivity contribution in [3.8, 4) is 0 Å². The van der Waals surface area contributed by atoms with Gasteiger partial charge in [-0.25, -0.2) is 0 Å². The molecule has 1 aromatic rings. The van der Waals surface area contributed by atoms with E-state index in [0.717, 1.165) is 25.7 Å². The van der Waals surface area contributed by atoms with Crippen LogP contribution in [0.5, 0.6) is 0 Å². The Morgan fingerprint density at radius 2 is 0.932 bits per heavy atom. The number of benzene rings is 1. The second kappa shape index (κ2) is 33.8. The predicted octanol–water partition coefficient (Wildman–Crippen LogP) is 12.2. The number of hydrogen-bond donors (Lipinski definition) is 1. The highest BCUT2D eigenvalue weighted by atomic mass is 19.4. The first-order chi connectivity index (χ1) is 28.3. The maximum atomic E-state index is 12.9. The van der Waals surface area contributed by atoms with E-state index in [4.69, 9.17) is 23.7 Å². The molecule has 1 N–H and O–H groups in total. The summed E-state index contributed by atoms with van der Waals surface area (Å²) in [6, 6.07) is 5.24. The molecule has 14 heteroatoms. The number of unbranched alkanes of at least 4 members (excludes halogenated alkanes) is 16. The van der Waals surface area contributed by atoms with E-state index in [1.54, 1.807) is 18.2 Å². The number of aliphatic hydroxyl groups excluding tert-OH is 1. The van der Waals surface area contributed by atoms with Crippen LogP contribution in [0.25, 0.3) is 0 Å². The minimum Gasteiger partial charge on any atom is -0.466 e. The average molecular weight is 853 g/mol. The first-order valence-corrected chi connectivity index (χ1v) is 22.2. The van der Waals surface area contributed by atoms with Crippen molar-refractivity contribution < 1.29 is 65.1 Å². The molecule has 0 saturated heterocycles. The van der Waals surface area contributed by atoms with Crippen LogP contribution >= 0.6 is 0 Å². The summed E-state index contributed by atoms with van der Waals surface area (Å²) in [5, 5.41) is 9.80. The average Bonchev–Trinajstić information content (AvgIpc) is 3.20. The van der Waals surface area contributed by atoms with Gasteiger partial charge < -0.3 is 28.8 Å². The van der Waals surface area contributed by atoms with Crippen LogP contribution in [-0.4, -0.2) is 61.2 Å². The van der Waals surface area contributed by atoms with Crippen molar-refractivity contribution in [2.24, 2.45) is 0 Å². The number of hydrogen-bond acceptors (Lipinski definition) is 9. The lowest BCUT2D eigenvalue weighted by Crippen LogP contribution is -2.36. The zero-order valence-corrected chi connectivity index (χ0v) is 35.8. The highest BCUT2D eigenvalue weighted by Gasteiger charge is 2.56. The van der Waals surface area contributed by atoms with Gasteiger partial charge >= 0.3 is 30.0 Å². The Morgan fingerprint density at radius 3 is 1.42 bits per heavy atom. The van der Waals surface area contributed by atoms with Crippen LogP contribution in [0.2, 0.25) is 0 Å². The van der Waals surface area contributed by atoms with Crippen LogP contribution in [-0.2, 0) is 57.9 Å². The molecule has 0 unspecified atom stereocenters. The molecule has 0 aromatic heterocycles. The van der Waals surface area contributed by atoms with E-state index >= 15 is 0 Å². The highest BCUT2D eigenvalue weighted by Crippen LogP contribution is 2.39. The SMILES string of the molecule is CCCCCCCCOC(CCC(=O)OCc1cc(CO)cc(COC(=O)CCCCCCC(=O)OCCCCCCC(F)(F)C(F)(F)F)c1)OCCCCCCCC. The molecule has 0 saturated carbocycles. The molecule has 0 aliphatic carbocycles. The summed E-state index contributed by atoms with van der Waals surface area (Å²) in [7, 11) is 0. The van der Waals surface area contributed by atoms with E-state index in [2.05, 4.69) is 13.8 Å². The first-order valence-electron chi connectivity index (χ1n) is 22.2. The van der Waals surface area contributed by atoms with Crippen molar-refractivity contribution in [2.45, 2.75) is 213 Å². The van der Waals surface area contributed by atoms with Gasteiger partial charge in [-0.05, 0) is 61.3 Å².